The predicted molar refractivity (Wildman–Crippen MR) is 110 cm³/mol. The van der Waals surface area contributed by atoms with Crippen LogP contribution in [0.2, 0.25) is 0 Å². The van der Waals surface area contributed by atoms with Gasteiger partial charge in [-0.1, -0.05) is 35.5 Å². The Labute approximate surface area is 165 Å². The number of hydrogen-bond acceptors (Lipinski definition) is 4. The third-order valence-electron chi connectivity index (χ3n) is 5.25. The molecule has 1 fully saturated rings. The van der Waals surface area contributed by atoms with Gasteiger partial charge in [0.05, 0.1) is 6.20 Å². The number of benzene rings is 2. The van der Waals surface area contributed by atoms with Crippen LogP contribution in [-0.4, -0.2) is 45.9 Å². The highest BCUT2D eigenvalue weighted by molar-refractivity contribution is 6.05. The number of anilines is 1. The van der Waals surface area contributed by atoms with E-state index in [1.807, 2.05) is 66.3 Å². The van der Waals surface area contributed by atoms with E-state index in [9.17, 15) is 4.79 Å². The maximum Gasteiger partial charge on any atom is 0.255 e. The molecule has 4 rings (SSSR count). The van der Waals surface area contributed by atoms with Gasteiger partial charge in [-0.05, 0) is 50.1 Å². The summed E-state index contributed by atoms with van der Waals surface area (Å²) in [7, 11) is 2.15. The number of carbonyl (C=O) groups excluding carboxylic acids is 1. The van der Waals surface area contributed by atoms with Crippen LogP contribution in [0.1, 0.15) is 22.3 Å². The Morgan fingerprint density at radius 1 is 1.18 bits per heavy atom. The first-order chi connectivity index (χ1) is 13.6. The zero-order chi connectivity index (χ0) is 19.5. The summed E-state index contributed by atoms with van der Waals surface area (Å²) >= 11 is 0. The minimum Gasteiger partial charge on any atom is -0.322 e. The van der Waals surface area contributed by atoms with E-state index in [4.69, 9.17) is 0 Å². The van der Waals surface area contributed by atoms with Gasteiger partial charge in [0.2, 0.25) is 0 Å². The fraction of sp³-hybridized carbons (Fsp3) is 0.318. The van der Waals surface area contributed by atoms with Crippen molar-refractivity contribution in [1.82, 2.24) is 19.9 Å². The molecule has 1 aliphatic rings. The SMILES string of the molecule is Cc1ccc(-c2cn(CCC3CN(C)C3)nn2)cc1C(=O)Nc1ccccc1. The molecule has 0 saturated carbocycles. The molecule has 1 saturated heterocycles. The Bertz CT molecular complexity index is 960. The first-order valence-electron chi connectivity index (χ1n) is 9.64. The second kappa shape index (κ2) is 7.94. The highest BCUT2D eigenvalue weighted by Gasteiger charge is 2.22. The van der Waals surface area contributed by atoms with Crippen LogP contribution in [0.4, 0.5) is 5.69 Å². The van der Waals surface area contributed by atoms with Crippen molar-refractivity contribution in [2.75, 3.05) is 25.5 Å². The van der Waals surface area contributed by atoms with E-state index in [0.717, 1.165) is 41.4 Å². The molecular weight excluding hydrogens is 350 g/mol. The normalized spacial score (nSPS) is 14.6. The van der Waals surface area contributed by atoms with E-state index in [1.165, 1.54) is 13.1 Å². The average Bonchev–Trinajstić information content (AvgIpc) is 3.14. The summed E-state index contributed by atoms with van der Waals surface area (Å²) in [6.07, 6.45) is 3.08. The van der Waals surface area contributed by atoms with Crippen molar-refractivity contribution in [2.24, 2.45) is 5.92 Å². The molecule has 1 aliphatic heterocycles. The van der Waals surface area contributed by atoms with Gasteiger partial charge in [0.25, 0.3) is 5.91 Å². The number of para-hydroxylation sites is 1. The van der Waals surface area contributed by atoms with E-state index in [2.05, 4.69) is 27.6 Å². The van der Waals surface area contributed by atoms with Crippen molar-refractivity contribution < 1.29 is 4.79 Å². The Kier molecular flexibility index (Phi) is 5.21. The Morgan fingerprint density at radius 2 is 1.96 bits per heavy atom. The van der Waals surface area contributed by atoms with Gasteiger partial charge in [0, 0.05) is 36.4 Å². The van der Waals surface area contributed by atoms with Crippen molar-refractivity contribution in [1.29, 1.82) is 0 Å². The van der Waals surface area contributed by atoms with Gasteiger partial charge in [0.15, 0.2) is 0 Å². The van der Waals surface area contributed by atoms with Crippen LogP contribution >= 0.6 is 0 Å². The van der Waals surface area contributed by atoms with E-state index in [0.29, 0.717) is 5.56 Å². The van der Waals surface area contributed by atoms with Crippen molar-refractivity contribution >= 4 is 11.6 Å². The number of nitrogens with zero attached hydrogens (tertiary/aromatic N) is 4. The summed E-state index contributed by atoms with van der Waals surface area (Å²) in [6.45, 7) is 5.15. The fourth-order valence-electron chi connectivity index (χ4n) is 3.61. The lowest BCUT2D eigenvalue weighted by Gasteiger charge is -2.36. The van der Waals surface area contributed by atoms with Crippen LogP contribution in [0.15, 0.2) is 54.7 Å². The third-order valence-corrected chi connectivity index (χ3v) is 5.25. The van der Waals surface area contributed by atoms with Gasteiger partial charge in [-0.2, -0.15) is 0 Å². The van der Waals surface area contributed by atoms with Crippen LogP contribution in [0.25, 0.3) is 11.3 Å². The highest BCUT2D eigenvalue weighted by atomic mass is 16.1. The van der Waals surface area contributed by atoms with E-state index in [-0.39, 0.29) is 5.91 Å². The van der Waals surface area contributed by atoms with Gasteiger partial charge in [-0.3, -0.25) is 9.48 Å². The zero-order valence-corrected chi connectivity index (χ0v) is 16.3. The minimum atomic E-state index is -0.118. The Hall–Kier alpha value is -2.99. The summed E-state index contributed by atoms with van der Waals surface area (Å²) in [4.78, 5) is 15.0. The first-order valence-corrected chi connectivity index (χ1v) is 9.64. The molecule has 0 aliphatic carbocycles. The molecule has 0 bridgehead atoms. The molecule has 144 valence electrons. The van der Waals surface area contributed by atoms with Gasteiger partial charge in [-0.15, -0.1) is 5.10 Å². The number of amides is 1. The standard InChI is InChI=1S/C22H25N5O/c1-16-8-9-18(12-20(16)22(28)23-19-6-4-3-5-7-19)21-15-27(25-24-21)11-10-17-13-26(2)14-17/h3-9,12,15,17H,10-11,13-14H2,1-2H3,(H,23,28). The molecule has 1 amide bonds. The van der Waals surface area contributed by atoms with E-state index >= 15 is 0 Å². The van der Waals surface area contributed by atoms with Crippen molar-refractivity contribution in [3.63, 3.8) is 0 Å². The molecule has 0 radical (unpaired) electrons. The Morgan fingerprint density at radius 3 is 2.71 bits per heavy atom. The average molecular weight is 375 g/mol. The molecule has 2 aromatic carbocycles. The van der Waals surface area contributed by atoms with Gasteiger partial charge >= 0.3 is 0 Å². The number of nitrogens with one attached hydrogen (secondary N) is 1. The molecule has 3 aromatic rings. The van der Waals surface area contributed by atoms with Gasteiger partial charge < -0.3 is 10.2 Å². The molecule has 1 aromatic heterocycles. The number of aromatic nitrogens is 3. The number of rotatable bonds is 6. The van der Waals surface area contributed by atoms with Crippen molar-refractivity contribution in [3.8, 4) is 11.3 Å². The molecule has 0 atom stereocenters. The lowest BCUT2D eigenvalue weighted by molar-refractivity contribution is 0.102. The molecule has 0 spiro atoms. The molecule has 6 heteroatoms. The summed E-state index contributed by atoms with van der Waals surface area (Å²) in [5.41, 5.74) is 4.05. The minimum absolute atomic E-state index is 0.118. The smallest absolute Gasteiger partial charge is 0.255 e. The quantitative estimate of drug-likeness (QED) is 0.717. The van der Waals surface area contributed by atoms with Gasteiger partial charge in [-0.25, -0.2) is 0 Å². The summed E-state index contributed by atoms with van der Waals surface area (Å²) in [5.74, 6) is 0.636. The predicted octanol–water partition coefficient (Wildman–Crippen LogP) is 3.46. The summed E-state index contributed by atoms with van der Waals surface area (Å²) in [5, 5.41) is 11.5. The zero-order valence-electron chi connectivity index (χ0n) is 16.3. The third kappa shape index (κ3) is 4.12. The van der Waals surface area contributed by atoms with E-state index < -0.39 is 0 Å². The summed E-state index contributed by atoms with van der Waals surface area (Å²) in [6, 6.07) is 15.3. The van der Waals surface area contributed by atoms with Crippen LogP contribution < -0.4 is 5.32 Å². The lowest BCUT2D eigenvalue weighted by atomic mass is 9.97. The molecule has 28 heavy (non-hydrogen) atoms. The van der Waals surface area contributed by atoms with Crippen molar-refractivity contribution in [2.45, 2.75) is 19.9 Å². The number of hydrogen-bond donors (Lipinski definition) is 1. The maximum absolute atomic E-state index is 12.7. The topological polar surface area (TPSA) is 63.1 Å². The molecule has 2 heterocycles. The molecule has 1 N–H and O–H groups in total. The van der Waals surface area contributed by atoms with Crippen LogP contribution in [0, 0.1) is 12.8 Å². The number of carbonyl (C=O) groups is 1. The first kappa shape index (κ1) is 18.4. The maximum atomic E-state index is 12.7. The largest absolute Gasteiger partial charge is 0.322 e. The van der Waals surface area contributed by atoms with Crippen molar-refractivity contribution in [3.05, 3.63) is 65.9 Å². The monoisotopic (exact) mass is 375 g/mol. The van der Waals surface area contributed by atoms with Gasteiger partial charge in [0.1, 0.15) is 5.69 Å². The molecule has 6 nitrogen and oxygen atoms in total. The second-order valence-electron chi connectivity index (χ2n) is 7.59. The Balaban J connectivity index is 1.46. The second-order valence-corrected chi connectivity index (χ2v) is 7.59. The van der Waals surface area contributed by atoms with Crippen LogP contribution in [0.5, 0.6) is 0 Å². The summed E-state index contributed by atoms with van der Waals surface area (Å²) < 4.78 is 1.90. The van der Waals surface area contributed by atoms with Crippen LogP contribution in [0.3, 0.4) is 0 Å². The molecular formula is C22H25N5O. The highest BCUT2D eigenvalue weighted by Crippen LogP contribution is 2.22. The van der Waals surface area contributed by atoms with E-state index in [1.54, 1.807) is 0 Å². The fourth-order valence-corrected chi connectivity index (χ4v) is 3.61. The van der Waals surface area contributed by atoms with Crippen LogP contribution in [-0.2, 0) is 6.54 Å². The number of aryl methyl sites for hydroxylation is 2. The lowest BCUT2D eigenvalue weighted by Crippen LogP contribution is -2.43. The molecule has 0 unspecified atom stereocenters. The number of likely N-dealkylation sites (tertiary alicyclic amines) is 1.